The van der Waals surface area contributed by atoms with Crippen LogP contribution in [0.15, 0.2) is 41.2 Å². The largest absolute Gasteiger partial charge is 0.335 e. The van der Waals surface area contributed by atoms with E-state index in [2.05, 4.69) is 25.7 Å². The summed E-state index contributed by atoms with van der Waals surface area (Å²) in [7, 11) is 0. The van der Waals surface area contributed by atoms with Gasteiger partial charge in [-0.2, -0.15) is 9.78 Å². The van der Waals surface area contributed by atoms with Crippen molar-refractivity contribution in [2.75, 3.05) is 5.32 Å². The van der Waals surface area contributed by atoms with E-state index in [0.717, 1.165) is 61.8 Å². The highest BCUT2D eigenvalue weighted by molar-refractivity contribution is 5.89. The minimum atomic E-state index is -0.267. The molecular formula is C23H26N6O2. The number of aromatic nitrogens is 4. The number of fused-ring (bicyclic) bond motifs is 1. The molecule has 8 nitrogen and oxygen atoms in total. The van der Waals surface area contributed by atoms with Crippen molar-refractivity contribution in [1.29, 1.82) is 0 Å². The highest BCUT2D eigenvalue weighted by Gasteiger charge is 2.22. The summed E-state index contributed by atoms with van der Waals surface area (Å²) in [5, 5.41) is 10.6. The number of nitrogens with zero attached hydrogens (tertiary/aromatic N) is 3. The Morgan fingerprint density at radius 2 is 1.87 bits per heavy atom. The van der Waals surface area contributed by atoms with Gasteiger partial charge in [-0.15, -0.1) is 0 Å². The van der Waals surface area contributed by atoms with Gasteiger partial charge in [-0.1, -0.05) is 49.6 Å². The van der Waals surface area contributed by atoms with Crippen LogP contribution < -0.4 is 16.2 Å². The van der Waals surface area contributed by atoms with Gasteiger partial charge in [0.25, 0.3) is 5.56 Å². The van der Waals surface area contributed by atoms with E-state index in [1.807, 2.05) is 36.4 Å². The number of H-pyrrole nitrogens is 1. The number of anilines is 1. The Kier molecular flexibility index (Phi) is 5.28. The van der Waals surface area contributed by atoms with Crippen LogP contribution in [0.25, 0.3) is 17.2 Å². The molecule has 2 amide bonds. The van der Waals surface area contributed by atoms with Crippen molar-refractivity contribution in [2.45, 2.75) is 57.4 Å². The Balaban J connectivity index is 1.49. The summed E-state index contributed by atoms with van der Waals surface area (Å²) in [6, 6.07) is 11.5. The van der Waals surface area contributed by atoms with E-state index in [9.17, 15) is 9.59 Å². The first kappa shape index (κ1) is 19.5. The van der Waals surface area contributed by atoms with Crippen molar-refractivity contribution in [3.63, 3.8) is 0 Å². The van der Waals surface area contributed by atoms with Crippen LogP contribution in [-0.2, 0) is 12.8 Å². The Labute approximate surface area is 180 Å². The second-order valence-corrected chi connectivity index (χ2v) is 8.29. The van der Waals surface area contributed by atoms with Gasteiger partial charge in [0.15, 0.2) is 0 Å². The van der Waals surface area contributed by atoms with Gasteiger partial charge in [0.1, 0.15) is 5.82 Å². The van der Waals surface area contributed by atoms with Crippen LogP contribution in [0.3, 0.4) is 0 Å². The van der Waals surface area contributed by atoms with E-state index >= 15 is 0 Å². The number of hydrogen-bond donors (Lipinski definition) is 3. The maximum absolute atomic E-state index is 12.7. The lowest BCUT2D eigenvalue weighted by Gasteiger charge is -2.22. The van der Waals surface area contributed by atoms with Crippen molar-refractivity contribution < 1.29 is 4.79 Å². The summed E-state index contributed by atoms with van der Waals surface area (Å²) < 4.78 is 1.52. The van der Waals surface area contributed by atoms with Gasteiger partial charge in [0.2, 0.25) is 5.95 Å². The molecule has 2 aliphatic rings. The van der Waals surface area contributed by atoms with Gasteiger partial charge < -0.3 is 5.32 Å². The van der Waals surface area contributed by atoms with E-state index in [1.165, 1.54) is 11.1 Å². The molecule has 1 fully saturated rings. The third kappa shape index (κ3) is 4.10. The van der Waals surface area contributed by atoms with Crippen molar-refractivity contribution in [3.05, 3.63) is 58.0 Å². The molecule has 0 aliphatic heterocycles. The minimum Gasteiger partial charge on any atom is -0.335 e. The maximum atomic E-state index is 12.7. The number of hydrogen-bond acceptors (Lipinski definition) is 4. The van der Waals surface area contributed by atoms with Gasteiger partial charge in [0.05, 0.1) is 11.4 Å². The summed E-state index contributed by atoms with van der Waals surface area (Å²) >= 11 is 0. The van der Waals surface area contributed by atoms with Crippen LogP contribution in [0.4, 0.5) is 10.6 Å². The lowest BCUT2D eigenvalue weighted by Crippen LogP contribution is -2.39. The highest BCUT2D eigenvalue weighted by atomic mass is 16.2. The molecule has 0 unspecified atom stereocenters. The average molecular weight is 419 g/mol. The number of carbonyl (C=O) groups is 1. The third-order valence-corrected chi connectivity index (χ3v) is 6.09. The molecule has 5 rings (SSSR count). The first-order valence-electron chi connectivity index (χ1n) is 11.0. The molecule has 1 aromatic carbocycles. The monoisotopic (exact) mass is 418 g/mol. The standard InChI is InChI=1S/C23H26N6O2/c30-21-17-12-7-13-18(17)25-22(27-21)29-20(14-19(28-29)15-8-3-1-4-9-15)26-23(31)24-16-10-5-2-6-11-16/h1,3-4,8-9,14,16H,2,5-7,10-13H2,(H2,24,26,31)(H,25,27,30). The molecule has 2 aromatic heterocycles. The van der Waals surface area contributed by atoms with Crippen LogP contribution in [-0.4, -0.2) is 31.8 Å². The van der Waals surface area contributed by atoms with Crippen LogP contribution in [0.2, 0.25) is 0 Å². The maximum Gasteiger partial charge on any atom is 0.320 e. The predicted molar refractivity (Wildman–Crippen MR) is 118 cm³/mol. The SMILES string of the molecule is O=C(Nc1cc(-c2ccccc2)nn1-c1nc2c(c(=O)[nH]1)CCC2)NC1CCCCC1. The van der Waals surface area contributed by atoms with Crippen LogP contribution in [0.5, 0.6) is 0 Å². The second-order valence-electron chi connectivity index (χ2n) is 8.29. The van der Waals surface area contributed by atoms with E-state index in [4.69, 9.17) is 0 Å². The van der Waals surface area contributed by atoms with Crippen LogP contribution in [0, 0.1) is 0 Å². The van der Waals surface area contributed by atoms with Gasteiger partial charge in [-0.25, -0.2) is 9.78 Å². The van der Waals surface area contributed by atoms with Crippen molar-refractivity contribution in [3.8, 4) is 17.2 Å². The summed E-state index contributed by atoms with van der Waals surface area (Å²) in [6.45, 7) is 0. The van der Waals surface area contributed by atoms with Gasteiger partial charge >= 0.3 is 6.03 Å². The zero-order valence-corrected chi connectivity index (χ0v) is 17.4. The molecule has 0 spiro atoms. The number of aromatic amines is 1. The second kappa shape index (κ2) is 8.37. The molecule has 3 N–H and O–H groups in total. The van der Waals surface area contributed by atoms with E-state index in [0.29, 0.717) is 17.5 Å². The molecular weight excluding hydrogens is 392 g/mol. The van der Waals surface area contributed by atoms with Gasteiger partial charge in [-0.05, 0) is 32.1 Å². The molecule has 160 valence electrons. The molecule has 3 aromatic rings. The van der Waals surface area contributed by atoms with Crippen LogP contribution in [0.1, 0.15) is 49.8 Å². The molecule has 2 heterocycles. The fourth-order valence-corrected chi connectivity index (χ4v) is 4.50. The summed E-state index contributed by atoms with van der Waals surface area (Å²) in [4.78, 5) is 32.7. The molecule has 0 radical (unpaired) electrons. The Morgan fingerprint density at radius 3 is 2.68 bits per heavy atom. The highest BCUT2D eigenvalue weighted by Crippen LogP contribution is 2.25. The number of carbonyl (C=O) groups excluding carboxylic acids is 1. The smallest absolute Gasteiger partial charge is 0.320 e. The van der Waals surface area contributed by atoms with E-state index < -0.39 is 0 Å². The first-order chi connectivity index (χ1) is 15.2. The van der Waals surface area contributed by atoms with E-state index in [1.54, 1.807) is 0 Å². The normalized spacial score (nSPS) is 16.1. The van der Waals surface area contributed by atoms with Gasteiger partial charge in [0, 0.05) is 23.2 Å². The Bertz CT molecular complexity index is 1140. The molecule has 0 bridgehead atoms. The third-order valence-electron chi connectivity index (χ3n) is 6.09. The fourth-order valence-electron chi connectivity index (χ4n) is 4.50. The number of amides is 2. The molecule has 1 saturated carbocycles. The number of urea groups is 1. The molecule has 2 aliphatic carbocycles. The van der Waals surface area contributed by atoms with Crippen molar-refractivity contribution in [2.24, 2.45) is 0 Å². The molecule has 31 heavy (non-hydrogen) atoms. The fraction of sp³-hybridized carbons (Fsp3) is 0.391. The topological polar surface area (TPSA) is 105 Å². The van der Waals surface area contributed by atoms with E-state index in [-0.39, 0.29) is 17.6 Å². The van der Waals surface area contributed by atoms with Crippen molar-refractivity contribution in [1.82, 2.24) is 25.1 Å². The molecule has 0 atom stereocenters. The summed E-state index contributed by atoms with van der Waals surface area (Å²) in [5.41, 5.74) is 3.04. The number of benzene rings is 1. The molecule has 0 saturated heterocycles. The quantitative estimate of drug-likeness (QED) is 0.602. The van der Waals surface area contributed by atoms with Crippen molar-refractivity contribution >= 4 is 11.8 Å². The first-order valence-corrected chi connectivity index (χ1v) is 11.0. The zero-order valence-electron chi connectivity index (χ0n) is 17.4. The minimum absolute atomic E-state index is 0.133. The van der Waals surface area contributed by atoms with Gasteiger partial charge in [-0.3, -0.25) is 15.1 Å². The summed E-state index contributed by atoms with van der Waals surface area (Å²) in [6.07, 6.45) is 7.97. The van der Waals surface area contributed by atoms with Crippen LogP contribution >= 0.6 is 0 Å². The Morgan fingerprint density at radius 1 is 1.06 bits per heavy atom. The molecule has 8 heteroatoms. The lowest BCUT2D eigenvalue weighted by molar-refractivity contribution is 0.244. The predicted octanol–water partition coefficient (Wildman–Crippen LogP) is 3.57. The number of aryl methyl sites for hydroxylation is 1. The summed E-state index contributed by atoms with van der Waals surface area (Å²) in [5.74, 6) is 0.786. The lowest BCUT2D eigenvalue weighted by atomic mass is 9.96. The number of rotatable bonds is 4. The average Bonchev–Trinajstić information content (AvgIpc) is 3.42. The number of nitrogens with one attached hydrogen (secondary N) is 3. The zero-order chi connectivity index (χ0) is 21.2. The Hall–Kier alpha value is -3.42.